The Balaban J connectivity index is 1.70. The van der Waals surface area contributed by atoms with Crippen molar-refractivity contribution >= 4 is 5.91 Å². The van der Waals surface area contributed by atoms with Crippen molar-refractivity contribution in [3.63, 3.8) is 0 Å². The first-order valence-corrected chi connectivity index (χ1v) is 7.46. The SMILES string of the molecule is Cc1nn(C)c(C)c1[C@H]1OCC[C@@H]1CNC(=O)c1cnc[nH]1. The topological polar surface area (TPSA) is 84.8 Å². The molecule has 0 unspecified atom stereocenters. The summed E-state index contributed by atoms with van der Waals surface area (Å²) in [6, 6.07) is 0. The third-order valence-corrected chi connectivity index (χ3v) is 4.33. The summed E-state index contributed by atoms with van der Waals surface area (Å²) in [5.41, 5.74) is 3.75. The summed E-state index contributed by atoms with van der Waals surface area (Å²) in [6.45, 7) is 5.35. The van der Waals surface area contributed by atoms with Crippen LogP contribution in [0.4, 0.5) is 0 Å². The van der Waals surface area contributed by atoms with Gasteiger partial charge in [0.25, 0.3) is 5.91 Å². The van der Waals surface area contributed by atoms with Gasteiger partial charge in [-0.2, -0.15) is 5.10 Å². The third kappa shape index (κ3) is 2.64. The summed E-state index contributed by atoms with van der Waals surface area (Å²) in [4.78, 5) is 18.7. The number of carbonyl (C=O) groups is 1. The van der Waals surface area contributed by atoms with Gasteiger partial charge >= 0.3 is 0 Å². The van der Waals surface area contributed by atoms with Crippen molar-refractivity contribution in [1.29, 1.82) is 0 Å². The van der Waals surface area contributed by atoms with Gasteiger partial charge in [-0.3, -0.25) is 9.48 Å². The molecule has 0 aliphatic carbocycles. The van der Waals surface area contributed by atoms with Crippen LogP contribution >= 0.6 is 0 Å². The molecule has 3 heterocycles. The number of carbonyl (C=O) groups excluding carboxylic acids is 1. The third-order valence-electron chi connectivity index (χ3n) is 4.33. The highest BCUT2D eigenvalue weighted by Gasteiger charge is 2.33. The fraction of sp³-hybridized carbons (Fsp3) is 0.533. The standard InChI is InChI=1S/C15H21N5O2/c1-9-13(10(2)20(3)19-9)14-11(4-5-22-14)6-17-15(21)12-7-16-8-18-12/h7-8,11,14H,4-6H2,1-3H3,(H,16,18)(H,17,21)/t11-,14+/m1/s1. The zero-order valence-corrected chi connectivity index (χ0v) is 13.1. The zero-order valence-electron chi connectivity index (χ0n) is 13.1. The second-order valence-corrected chi connectivity index (χ2v) is 5.72. The fourth-order valence-electron chi connectivity index (χ4n) is 3.06. The fourth-order valence-corrected chi connectivity index (χ4v) is 3.06. The second kappa shape index (κ2) is 5.92. The van der Waals surface area contributed by atoms with Gasteiger partial charge < -0.3 is 15.0 Å². The van der Waals surface area contributed by atoms with Crippen LogP contribution in [0, 0.1) is 19.8 Å². The van der Waals surface area contributed by atoms with E-state index >= 15 is 0 Å². The van der Waals surface area contributed by atoms with Gasteiger partial charge in [0.2, 0.25) is 0 Å². The minimum absolute atomic E-state index is 0.00392. The number of hydrogen-bond donors (Lipinski definition) is 2. The van der Waals surface area contributed by atoms with Crippen LogP contribution in [0.5, 0.6) is 0 Å². The van der Waals surface area contributed by atoms with Crippen molar-refractivity contribution in [1.82, 2.24) is 25.1 Å². The van der Waals surface area contributed by atoms with Gasteiger partial charge in [0.1, 0.15) is 5.69 Å². The van der Waals surface area contributed by atoms with Crippen LogP contribution in [0.1, 0.15) is 40.0 Å². The molecule has 7 nitrogen and oxygen atoms in total. The molecular formula is C15H21N5O2. The molecule has 2 atom stereocenters. The van der Waals surface area contributed by atoms with Crippen LogP contribution in [-0.4, -0.2) is 38.8 Å². The Hall–Kier alpha value is -2.15. The number of imidazole rings is 1. The number of rotatable bonds is 4. The molecule has 0 radical (unpaired) electrons. The first kappa shape index (κ1) is 14.8. The van der Waals surface area contributed by atoms with E-state index in [2.05, 4.69) is 27.3 Å². The lowest BCUT2D eigenvalue weighted by Gasteiger charge is -2.19. The Morgan fingerprint density at radius 3 is 3.00 bits per heavy atom. The first-order chi connectivity index (χ1) is 10.6. The largest absolute Gasteiger partial charge is 0.373 e. The molecule has 2 N–H and O–H groups in total. The van der Waals surface area contributed by atoms with Gasteiger partial charge in [0.05, 0.1) is 24.3 Å². The van der Waals surface area contributed by atoms with Gasteiger partial charge in [-0.1, -0.05) is 0 Å². The summed E-state index contributed by atoms with van der Waals surface area (Å²) in [5.74, 6) is 0.122. The van der Waals surface area contributed by atoms with Crippen LogP contribution in [0.2, 0.25) is 0 Å². The molecule has 0 saturated carbocycles. The monoisotopic (exact) mass is 303 g/mol. The maximum absolute atomic E-state index is 12.0. The van der Waals surface area contributed by atoms with E-state index in [4.69, 9.17) is 4.74 Å². The normalized spacial score (nSPS) is 21.2. The lowest BCUT2D eigenvalue weighted by molar-refractivity contribution is 0.0838. The van der Waals surface area contributed by atoms with E-state index in [1.54, 1.807) is 0 Å². The average molecular weight is 303 g/mol. The quantitative estimate of drug-likeness (QED) is 0.890. The van der Waals surface area contributed by atoms with E-state index < -0.39 is 0 Å². The first-order valence-electron chi connectivity index (χ1n) is 7.46. The van der Waals surface area contributed by atoms with E-state index in [1.165, 1.54) is 12.5 Å². The van der Waals surface area contributed by atoms with Gasteiger partial charge in [-0.25, -0.2) is 4.98 Å². The molecule has 1 aliphatic rings. The van der Waals surface area contributed by atoms with Crippen molar-refractivity contribution < 1.29 is 9.53 Å². The summed E-state index contributed by atoms with van der Waals surface area (Å²) >= 11 is 0. The summed E-state index contributed by atoms with van der Waals surface area (Å²) in [5, 5.41) is 7.42. The minimum atomic E-state index is -0.136. The van der Waals surface area contributed by atoms with E-state index in [9.17, 15) is 4.79 Å². The van der Waals surface area contributed by atoms with Crippen molar-refractivity contribution in [2.24, 2.45) is 13.0 Å². The minimum Gasteiger partial charge on any atom is -0.373 e. The number of nitrogens with one attached hydrogen (secondary N) is 2. The maximum Gasteiger partial charge on any atom is 0.269 e. The Morgan fingerprint density at radius 2 is 2.36 bits per heavy atom. The Kier molecular flexibility index (Phi) is 3.98. The molecule has 0 aromatic carbocycles. The molecule has 2 aromatic rings. The van der Waals surface area contributed by atoms with E-state index in [0.29, 0.717) is 18.8 Å². The molecule has 1 saturated heterocycles. The number of aromatic nitrogens is 4. The molecule has 7 heteroatoms. The van der Waals surface area contributed by atoms with E-state index in [0.717, 1.165) is 23.4 Å². The Labute approximate surface area is 129 Å². The number of hydrogen-bond acceptors (Lipinski definition) is 4. The molecule has 3 rings (SSSR count). The number of amides is 1. The molecular weight excluding hydrogens is 282 g/mol. The molecule has 22 heavy (non-hydrogen) atoms. The number of aryl methyl sites for hydroxylation is 2. The van der Waals surface area contributed by atoms with Crippen molar-refractivity contribution in [3.8, 4) is 0 Å². The van der Waals surface area contributed by atoms with Crippen LogP contribution in [-0.2, 0) is 11.8 Å². The number of ether oxygens (including phenoxy) is 1. The number of nitrogens with zero attached hydrogens (tertiary/aromatic N) is 3. The van der Waals surface area contributed by atoms with Crippen LogP contribution in [0.3, 0.4) is 0 Å². The summed E-state index contributed by atoms with van der Waals surface area (Å²) in [6.07, 6.45) is 3.95. The summed E-state index contributed by atoms with van der Waals surface area (Å²) < 4.78 is 7.81. The van der Waals surface area contributed by atoms with E-state index in [-0.39, 0.29) is 17.9 Å². The number of aromatic amines is 1. The predicted octanol–water partition coefficient (Wildman–Crippen LogP) is 1.27. The molecule has 2 aromatic heterocycles. The van der Waals surface area contributed by atoms with Crippen molar-refractivity contribution in [3.05, 3.63) is 35.2 Å². The Bertz CT molecular complexity index is 662. The molecule has 0 spiro atoms. The van der Waals surface area contributed by atoms with Crippen molar-refractivity contribution in [2.75, 3.05) is 13.2 Å². The van der Waals surface area contributed by atoms with Crippen LogP contribution in [0.15, 0.2) is 12.5 Å². The Morgan fingerprint density at radius 1 is 1.55 bits per heavy atom. The average Bonchev–Trinajstić information content (AvgIpc) is 3.20. The zero-order chi connectivity index (χ0) is 15.7. The van der Waals surface area contributed by atoms with Crippen molar-refractivity contribution in [2.45, 2.75) is 26.4 Å². The second-order valence-electron chi connectivity index (χ2n) is 5.72. The van der Waals surface area contributed by atoms with Gasteiger partial charge in [0.15, 0.2) is 0 Å². The molecule has 1 fully saturated rings. The van der Waals surface area contributed by atoms with Crippen LogP contribution < -0.4 is 5.32 Å². The van der Waals surface area contributed by atoms with Gasteiger partial charge in [-0.15, -0.1) is 0 Å². The smallest absolute Gasteiger partial charge is 0.269 e. The highest BCUT2D eigenvalue weighted by Crippen LogP contribution is 2.37. The van der Waals surface area contributed by atoms with Gasteiger partial charge in [0, 0.05) is 37.4 Å². The highest BCUT2D eigenvalue weighted by molar-refractivity contribution is 5.91. The summed E-state index contributed by atoms with van der Waals surface area (Å²) in [7, 11) is 1.94. The van der Waals surface area contributed by atoms with E-state index in [1.807, 2.05) is 18.7 Å². The molecule has 1 aliphatic heterocycles. The lowest BCUT2D eigenvalue weighted by Crippen LogP contribution is -2.31. The van der Waals surface area contributed by atoms with Crippen LogP contribution in [0.25, 0.3) is 0 Å². The molecule has 118 valence electrons. The number of H-pyrrole nitrogens is 1. The van der Waals surface area contributed by atoms with Gasteiger partial charge in [-0.05, 0) is 20.3 Å². The predicted molar refractivity (Wildman–Crippen MR) is 80.4 cm³/mol. The lowest BCUT2D eigenvalue weighted by atomic mass is 9.94. The molecule has 1 amide bonds. The maximum atomic E-state index is 12.0. The highest BCUT2D eigenvalue weighted by atomic mass is 16.5. The molecule has 0 bridgehead atoms.